The van der Waals surface area contributed by atoms with E-state index in [1.807, 2.05) is 13.8 Å². The molecule has 0 radical (unpaired) electrons. The molecule has 4 nitrogen and oxygen atoms in total. The van der Waals surface area contributed by atoms with Gasteiger partial charge in [-0.2, -0.15) is 0 Å². The average molecular weight is 269 g/mol. The van der Waals surface area contributed by atoms with Crippen LogP contribution in [0.4, 0.5) is 4.39 Å². The van der Waals surface area contributed by atoms with Crippen LogP contribution in [0.5, 0.6) is 0 Å². The molecular formula is C11H22ClFN2O2. The lowest BCUT2D eigenvalue weighted by atomic mass is 9.98. The molecule has 1 saturated heterocycles. The molecule has 1 fully saturated rings. The maximum absolute atomic E-state index is 14.0. The van der Waals surface area contributed by atoms with Crippen LogP contribution in [-0.2, 0) is 4.79 Å². The number of halogens is 2. The standard InChI is InChI=1S/C11H21FN2O2.ClH/c1-8(2)9(3-6-15)14-10(16)11(12)4-5-13-7-11;/h8-9,13,15H,3-7H2,1-2H3,(H,14,16);1H. The number of aliphatic hydroxyl groups excluding tert-OH is 1. The Kier molecular flexibility index (Phi) is 6.97. The summed E-state index contributed by atoms with van der Waals surface area (Å²) < 4.78 is 14.0. The number of nitrogens with one attached hydrogen (secondary N) is 2. The fraction of sp³-hybridized carbons (Fsp3) is 0.909. The van der Waals surface area contributed by atoms with E-state index >= 15 is 0 Å². The molecule has 2 unspecified atom stereocenters. The van der Waals surface area contributed by atoms with Crippen molar-refractivity contribution in [1.82, 2.24) is 10.6 Å². The van der Waals surface area contributed by atoms with Crippen LogP contribution >= 0.6 is 12.4 Å². The zero-order chi connectivity index (χ0) is 12.2. The number of amides is 1. The molecule has 0 saturated carbocycles. The van der Waals surface area contributed by atoms with Gasteiger partial charge >= 0.3 is 0 Å². The largest absolute Gasteiger partial charge is 0.396 e. The van der Waals surface area contributed by atoms with E-state index in [-0.39, 0.29) is 43.9 Å². The van der Waals surface area contributed by atoms with E-state index < -0.39 is 11.6 Å². The van der Waals surface area contributed by atoms with Crippen LogP contribution in [0.15, 0.2) is 0 Å². The number of rotatable bonds is 5. The molecule has 0 aromatic carbocycles. The first-order chi connectivity index (χ1) is 7.49. The molecule has 0 spiro atoms. The highest BCUT2D eigenvalue weighted by Crippen LogP contribution is 2.20. The van der Waals surface area contributed by atoms with Crippen molar-refractivity contribution in [2.75, 3.05) is 19.7 Å². The van der Waals surface area contributed by atoms with Gasteiger partial charge in [0.15, 0.2) is 0 Å². The predicted octanol–water partition coefficient (Wildman–Crippen LogP) is 0.633. The van der Waals surface area contributed by atoms with E-state index in [0.29, 0.717) is 13.0 Å². The van der Waals surface area contributed by atoms with Crippen molar-refractivity contribution in [1.29, 1.82) is 0 Å². The van der Waals surface area contributed by atoms with Crippen LogP contribution in [0.3, 0.4) is 0 Å². The fourth-order valence-corrected chi connectivity index (χ4v) is 1.86. The molecule has 17 heavy (non-hydrogen) atoms. The predicted molar refractivity (Wildman–Crippen MR) is 67.0 cm³/mol. The molecule has 102 valence electrons. The highest BCUT2D eigenvalue weighted by Gasteiger charge is 2.42. The van der Waals surface area contributed by atoms with Gasteiger partial charge in [-0.05, 0) is 18.9 Å². The van der Waals surface area contributed by atoms with Gasteiger partial charge < -0.3 is 15.7 Å². The summed E-state index contributed by atoms with van der Waals surface area (Å²) >= 11 is 0. The second kappa shape index (κ2) is 7.13. The summed E-state index contributed by atoms with van der Waals surface area (Å²) in [4.78, 5) is 11.7. The molecule has 1 amide bonds. The molecular weight excluding hydrogens is 247 g/mol. The molecule has 0 aromatic rings. The number of alkyl halides is 1. The summed E-state index contributed by atoms with van der Waals surface area (Å²) in [5.41, 5.74) is -1.78. The second-order valence-electron chi connectivity index (χ2n) is 4.73. The van der Waals surface area contributed by atoms with Gasteiger partial charge in [0.05, 0.1) is 0 Å². The maximum atomic E-state index is 14.0. The normalized spacial score (nSPS) is 25.5. The molecule has 0 aromatic heterocycles. The van der Waals surface area contributed by atoms with Gasteiger partial charge in [-0.3, -0.25) is 4.79 Å². The van der Waals surface area contributed by atoms with Gasteiger partial charge in [0.25, 0.3) is 5.91 Å². The minimum absolute atomic E-state index is 0. The van der Waals surface area contributed by atoms with Gasteiger partial charge in [-0.1, -0.05) is 13.8 Å². The summed E-state index contributed by atoms with van der Waals surface area (Å²) in [6.07, 6.45) is 0.690. The highest BCUT2D eigenvalue weighted by atomic mass is 35.5. The van der Waals surface area contributed by atoms with Crippen LogP contribution in [-0.4, -0.2) is 42.4 Å². The molecule has 3 N–H and O–H groups in total. The quantitative estimate of drug-likeness (QED) is 0.686. The average Bonchev–Trinajstić information content (AvgIpc) is 2.65. The maximum Gasteiger partial charge on any atom is 0.259 e. The van der Waals surface area contributed by atoms with Gasteiger partial charge in [0.2, 0.25) is 5.67 Å². The summed E-state index contributed by atoms with van der Waals surface area (Å²) in [5.74, 6) is -0.362. The Morgan fingerprint density at radius 1 is 1.59 bits per heavy atom. The first-order valence-corrected chi connectivity index (χ1v) is 5.81. The summed E-state index contributed by atoms with van der Waals surface area (Å²) in [6, 6.07) is -0.161. The smallest absolute Gasteiger partial charge is 0.259 e. The van der Waals surface area contributed by atoms with Crippen LogP contribution in [0.25, 0.3) is 0 Å². The van der Waals surface area contributed by atoms with Crippen molar-refractivity contribution in [3.63, 3.8) is 0 Å². The van der Waals surface area contributed by atoms with E-state index in [1.165, 1.54) is 0 Å². The van der Waals surface area contributed by atoms with Gasteiger partial charge in [0, 0.05) is 25.6 Å². The Balaban J connectivity index is 0.00000256. The van der Waals surface area contributed by atoms with Crippen molar-refractivity contribution >= 4 is 18.3 Å². The van der Waals surface area contributed by atoms with E-state index in [0.717, 1.165) is 0 Å². The summed E-state index contributed by atoms with van der Waals surface area (Å²) in [5, 5.41) is 14.4. The molecule has 1 aliphatic heterocycles. The van der Waals surface area contributed by atoms with E-state index in [1.54, 1.807) is 0 Å². The van der Waals surface area contributed by atoms with Crippen molar-refractivity contribution in [2.24, 2.45) is 5.92 Å². The summed E-state index contributed by atoms with van der Waals surface area (Å²) in [6.45, 7) is 4.51. The lowest BCUT2D eigenvalue weighted by Crippen LogP contribution is -2.50. The number of carbonyl (C=O) groups excluding carboxylic acids is 1. The third-order valence-electron chi connectivity index (χ3n) is 3.07. The van der Waals surface area contributed by atoms with Crippen LogP contribution in [0, 0.1) is 5.92 Å². The zero-order valence-electron chi connectivity index (χ0n) is 10.3. The van der Waals surface area contributed by atoms with Gasteiger partial charge in [-0.25, -0.2) is 4.39 Å². The van der Waals surface area contributed by atoms with E-state index in [9.17, 15) is 9.18 Å². The number of hydrogen-bond acceptors (Lipinski definition) is 3. The molecule has 0 aliphatic carbocycles. The van der Waals surface area contributed by atoms with Crippen molar-refractivity contribution < 1.29 is 14.3 Å². The SMILES string of the molecule is CC(C)C(CCO)NC(=O)C1(F)CCNC1.Cl. The number of aliphatic hydroxyl groups is 1. The number of carbonyl (C=O) groups is 1. The highest BCUT2D eigenvalue weighted by molar-refractivity contribution is 5.86. The molecule has 1 aliphatic rings. The number of hydrogen-bond donors (Lipinski definition) is 3. The van der Waals surface area contributed by atoms with Crippen molar-refractivity contribution in [3.8, 4) is 0 Å². The third kappa shape index (κ3) is 4.41. The minimum Gasteiger partial charge on any atom is -0.396 e. The Morgan fingerprint density at radius 3 is 2.65 bits per heavy atom. The first-order valence-electron chi connectivity index (χ1n) is 5.81. The Bertz CT molecular complexity index is 246. The molecule has 6 heteroatoms. The first kappa shape index (κ1) is 16.6. The van der Waals surface area contributed by atoms with Crippen molar-refractivity contribution in [2.45, 2.75) is 38.4 Å². The Labute approximate surface area is 108 Å². The van der Waals surface area contributed by atoms with Crippen LogP contribution in [0.2, 0.25) is 0 Å². The lowest BCUT2D eigenvalue weighted by molar-refractivity contribution is -0.132. The van der Waals surface area contributed by atoms with Gasteiger partial charge in [0.1, 0.15) is 0 Å². The van der Waals surface area contributed by atoms with Crippen molar-refractivity contribution in [3.05, 3.63) is 0 Å². The van der Waals surface area contributed by atoms with E-state index in [4.69, 9.17) is 5.11 Å². The third-order valence-corrected chi connectivity index (χ3v) is 3.07. The fourth-order valence-electron chi connectivity index (χ4n) is 1.86. The summed E-state index contributed by atoms with van der Waals surface area (Å²) in [7, 11) is 0. The Hall–Kier alpha value is -0.390. The molecule has 2 atom stereocenters. The van der Waals surface area contributed by atoms with Gasteiger partial charge in [-0.15, -0.1) is 12.4 Å². The lowest BCUT2D eigenvalue weighted by Gasteiger charge is -2.25. The molecule has 1 rings (SSSR count). The Morgan fingerprint density at radius 2 is 2.24 bits per heavy atom. The van der Waals surface area contributed by atoms with Crippen LogP contribution in [0.1, 0.15) is 26.7 Å². The zero-order valence-corrected chi connectivity index (χ0v) is 11.1. The monoisotopic (exact) mass is 268 g/mol. The molecule has 0 bridgehead atoms. The van der Waals surface area contributed by atoms with E-state index in [2.05, 4.69) is 10.6 Å². The second-order valence-corrected chi connectivity index (χ2v) is 4.73. The minimum atomic E-state index is -1.78. The topological polar surface area (TPSA) is 61.4 Å². The molecule has 1 heterocycles. The van der Waals surface area contributed by atoms with Crippen LogP contribution < -0.4 is 10.6 Å².